The van der Waals surface area contributed by atoms with E-state index in [1.807, 2.05) is 6.92 Å². The molecule has 0 aliphatic heterocycles. The lowest BCUT2D eigenvalue weighted by Crippen LogP contribution is -2.32. The highest BCUT2D eigenvalue weighted by molar-refractivity contribution is 5.94. The Labute approximate surface area is 110 Å². The molecule has 1 atom stereocenters. The molecule has 0 heterocycles. The van der Waals surface area contributed by atoms with E-state index in [2.05, 4.69) is 10.6 Å². The number of rotatable bonds is 5. The molecular formula is C13H16N2O4. The van der Waals surface area contributed by atoms with Crippen LogP contribution in [-0.2, 0) is 9.59 Å². The van der Waals surface area contributed by atoms with E-state index in [0.717, 1.165) is 0 Å². The minimum absolute atomic E-state index is 0.222. The molecule has 6 nitrogen and oxygen atoms in total. The number of carbonyl (C=O) groups is 3. The third-order valence-corrected chi connectivity index (χ3v) is 2.44. The molecule has 0 saturated carbocycles. The fourth-order valence-corrected chi connectivity index (χ4v) is 1.58. The topological polar surface area (TPSA) is 95.5 Å². The van der Waals surface area contributed by atoms with Gasteiger partial charge in [-0.25, -0.2) is 4.79 Å². The van der Waals surface area contributed by atoms with Gasteiger partial charge >= 0.3 is 5.97 Å². The van der Waals surface area contributed by atoms with Crippen molar-refractivity contribution in [1.82, 2.24) is 10.6 Å². The monoisotopic (exact) mass is 264 g/mol. The Bertz CT molecular complexity index is 482. The molecule has 0 bridgehead atoms. The Kier molecular flexibility index (Phi) is 5.05. The van der Waals surface area contributed by atoms with Crippen LogP contribution in [-0.4, -0.2) is 29.4 Å². The molecule has 2 amide bonds. The lowest BCUT2D eigenvalue weighted by atomic mass is 10.0. The Morgan fingerprint density at radius 3 is 2.21 bits per heavy atom. The summed E-state index contributed by atoms with van der Waals surface area (Å²) >= 11 is 0. The molecule has 0 radical (unpaired) electrons. The smallest absolute Gasteiger partial charge is 0.330 e. The molecule has 1 aromatic carbocycles. The normalized spacial score (nSPS) is 11.5. The van der Waals surface area contributed by atoms with Crippen LogP contribution >= 0.6 is 0 Å². The first-order valence-electron chi connectivity index (χ1n) is 5.83. The SMILES string of the molecule is CCNC(=O)c1ccc([C@H](NC(C)=O)C(=O)O)cc1. The summed E-state index contributed by atoms with van der Waals surface area (Å²) in [5, 5.41) is 14.0. The van der Waals surface area contributed by atoms with Gasteiger partial charge in [0.05, 0.1) is 0 Å². The van der Waals surface area contributed by atoms with Crippen molar-refractivity contribution in [3.63, 3.8) is 0 Å². The van der Waals surface area contributed by atoms with Gasteiger partial charge in [0.2, 0.25) is 5.91 Å². The summed E-state index contributed by atoms with van der Waals surface area (Å²) in [6.45, 7) is 3.58. The van der Waals surface area contributed by atoms with E-state index in [-0.39, 0.29) is 5.91 Å². The highest BCUT2D eigenvalue weighted by Gasteiger charge is 2.20. The van der Waals surface area contributed by atoms with E-state index in [4.69, 9.17) is 5.11 Å². The van der Waals surface area contributed by atoms with Crippen LogP contribution in [0.2, 0.25) is 0 Å². The van der Waals surface area contributed by atoms with Crippen molar-refractivity contribution in [3.8, 4) is 0 Å². The van der Waals surface area contributed by atoms with Gasteiger partial charge in [0.1, 0.15) is 0 Å². The van der Waals surface area contributed by atoms with Gasteiger partial charge in [-0.15, -0.1) is 0 Å². The summed E-state index contributed by atoms with van der Waals surface area (Å²) in [4.78, 5) is 33.6. The van der Waals surface area contributed by atoms with Crippen LogP contribution in [0.1, 0.15) is 35.8 Å². The summed E-state index contributed by atoms with van der Waals surface area (Å²) in [6, 6.07) is 4.97. The molecule has 102 valence electrons. The second-order valence-corrected chi connectivity index (χ2v) is 3.95. The Hall–Kier alpha value is -2.37. The van der Waals surface area contributed by atoms with Gasteiger partial charge in [-0.3, -0.25) is 9.59 Å². The van der Waals surface area contributed by atoms with Gasteiger partial charge in [0, 0.05) is 19.0 Å². The van der Waals surface area contributed by atoms with Crippen molar-refractivity contribution in [3.05, 3.63) is 35.4 Å². The molecule has 0 saturated heterocycles. The zero-order valence-corrected chi connectivity index (χ0v) is 10.8. The van der Waals surface area contributed by atoms with E-state index in [1.54, 1.807) is 0 Å². The molecule has 0 aliphatic rings. The quantitative estimate of drug-likeness (QED) is 0.729. The predicted molar refractivity (Wildman–Crippen MR) is 68.6 cm³/mol. The van der Waals surface area contributed by atoms with E-state index in [0.29, 0.717) is 17.7 Å². The van der Waals surface area contributed by atoms with Crippen LogP contribution in [0.4, 0.5) is 0 Å². The number of benzene rings is 1. The Morgan fingerprint density at radius 2 is 1.79 bits per heavy atom. The van der Waals surface area contributed by atoms with Gasteiger partial charge in [-0.2, -0.15) is 0 Å². The zero-order chi connectivity index (χ0) is 14.4. The maximum Gasteiger partial charge on any atom is 0.330 e. The zero-order valence-electron chi connectivity index (χ0n) is 10.8. The maximum absolute atomic E-state index is 11.5. The summed E-state index contributed by atoms with van der Waals surface area (Å²) in [5.41, 5.74) is 0.855. The summed E-state index contributed by atoms with van der Waals surface area (Å²) < 4.78 is 0. The molecule has 3 N–H and O–H groups in total. The lowest BCUT2D eigenvalue weighted by molar-refractivity contribution is -0.141. The highest BCUT2D eigenvalue weighted by Crippen LogP contribution is 2.14. The fourth-order valence-electron chi connectivity index (χ4n) is 1.58. The number of nitrogens with one attached hydrogen (secondary N) is 2. The molecule has 1 aromatic rings. The fraction of sp³-hybridized carbons (Fsp3) is 0.308. The van der Waals surface area contributed by atoms with E-state index in [9.17, 15) is 14.4 Å². The van der Waals surface area contributed by atoms with Crippen LogP contribution in [0.3, 0.4) is 0 Å². The third-order valence-electron chi connectivity index (χ3n) is 2.44. The van der Waals surface area contributed by atoms with Crippen LogP contribution in [0.15, 0.2) is 24.3 Å². The largest absolute Gasteiger partial charge is 0.479 e. The maximum atomic E-state index is 11.5. The van der Waals surface area contributed by atoms with Crippen molar-refractivity contribution >= 4 is 17.8 Å². The molecule has 0 fully saturated rings. The number of carboxylic acids is 1. The molecule has 1 rings (SSSR count). The third kappa shape index (κ3) is 4.09. The first kappa shape index (κ1) is 14.7. The average molecular weight is 264 g/mol. The predicted octanol–water partition coefficient (Wildman–Crippen LogP) is 0.698. The molecule has 0 aromatic heterocycles. The van der Waals surface area contributed by atoms with Gasteiger partial charge < -0.3 is 15.7 Å². The van der Waals surface area contributed by atoms with Crippen molar-refractivity contribution in [2.45, 2.75) is 19.9 Å². The number of carbonyl (C=O) groups excluding carboxylic acids is 2. The lowest BCUT2D eigenvalue weighted by Gasteiger charge is -2.13. The van der Waals surface area contributed by atoms with Crippen LogP contribution in [0.5, 0.6) is 0 Å². The molecule has 6 heteroatoms. The van der Waals surface area contributed by atoms with Crippen molar-refractivity contribution in [1.29, 1.82) is 0 Å². The molecular weight excluding hydrogens is 248 g/mol. The van der Waals surface area contributed by atoms with Gasteiger partial charge in [-0.05, 0) is 24.6 Å². The number of hydrogen-bond donors (Lipinski definition) is 3. The van der Waals surface area contributed by atoms with E-state index < -0.39 is 17.9 Å². The van der Waals surface area contributed by atoms with Crippen LogP contribution < -0.4 is 10.6 Å². The van der Waals surface area contributed by atoms with Gasteiger partial charge in [0.15, 0.2) is 6.04 Å². The average Bonchev–Trinajstić information content (AvgIpc) is 2.36. The molecule has 0 spiro atoms. The minimum atomic E-state index is -1.15. The van der Waals surface area contributed by atoms with Crippen LogP contribution in [0.25, 0.3) is 0 Å². The molecule has 0 unspecified atom stereocenters. The standard InChI is InChI=1S/C13H16N2O4/c1-3-14-12(17)10-6-4-9(5-7-10)11(13(18)19)15-8(2)16/h4-7,11H,3H2,1-2H3,(H,14,17)(H,15,16)(H,18,19)/t11-/m0/s1. The van der Waals surface area contributed by atoms with E-state index >= 15 is 0 Å². The number of carboxylic acid groups (broad SMARTS) is 1. The highest BCUT2D eigenvalue weighted by atomic mass is 16.4. The molecule has 0 aliphatic carbocycles. The summed E-state index contributed by atoms with van der Waals surface area (Å²) in [6.07, 6.45) is 0. The van der Waals surface area contributed by atoms with Crippen molar-refractivity contribution in [2.24, 2.45) is 0 Å². The second-order valence-electron chi connectivity index (χ2n) is 3.95. The second kappa shape index (κ2) is 6.53. The first-order valence-corrected chi connectivity index (χ1v) is 5.83. The summed E-state index contributed by atoms with van der Waals surface area (Å²) in [5.74, 6) is -1.80. The van der Waals surface area contributed by atoms with Crippen molar-refractivity contribution in [2.75, 3.05) is 6.54 Å². The number of aliphatic carboxylic acids is 1. The van der Waals surface area contributed by atoms with Crippen LogP contribution in [0, 0.1) is 0 Å². The minimum Gasteiger partial charge on any atom is -0.479 e. The Morgan fingerprint density at radius 1 is 1.21 bits per heavy atom. The molecule has 19 heavy (non-hydrogen) atoms. The number of amides is 2. The summed E-state index contributed by atoms with van der Waals surface area (Å²) in [7, 11) is 0. The Balaban J connectivity index is 2.92. The number of hydrogen-bond acceptors (Lipinski definition) is 3. The van der Waals surface area contributed by atoms with Gasteiger partial charge in [-0.1, -0.05) is 12.1 Å². The van der Waals surface area contributed by atoms with Gasteiger partial charge in [0.25, 0.3) is 5.91 Å². The van der Waals surface area contributed by atoms with Crippen molar-refractivity contribution < 1.29 is 19.5 Å². The van der Waals surface area contributed by atoms with E-state index in [1.165, 1.54) is 31.2 Å². The first-order chi connectivity index (χ1) is 8.95.